The lowest BCUT2D eigenvalue weighted by atomic mass is 10.1. The lowest BCUT2D eigenvalue weighted by molar-refractivity contribution is 0.0479. The monoisotopic (exact) mass is 198 g/mol. The van der Waals surface area contributed by atoms with Gasteiger partial charge in [-0.25, -0.2) is 0 Å². The second-order valence-corrected chi connectivity index (χ2v) is 4.40. The van der Waals surface area contributed by atoms with Crippen molar-refractivity contribution in [2.24, 2.45) is 0 Å². The zero-order chi connectivity index (χ0) is 9.80. The van der Waals surface area contributed by atoms with Gasteiger partial charge in [-0.2, -0.15) is 0 Å². The molecule has 2 aliphatic rings. The van der Waals surface area contributed by atoms with Gasteiger partial charge in [0.05, 0.1) is 6.10 Å². The highest BCUT2D eigenvalue weighted by atomic mass is 16.5. The van der Waals surface area contributed by atoms with Crippen molar-refractivity contribution in [3.63, 3.8) is 0 Å². The van der Waals surface area contributed by atoms with E-state index in [4.69, 9.17) is 4.74 Å². The van der Waals surface area contributed by atoms with E-state index in [1.807, 2.05) is 0 Å². The van der Waals surface area contributed by atoms with E-state index in [2.05, 4.69) is 17.1 Å². The van der Waals surface area contributed by atoms with Crippen molar-refractivity contribution < 1.29 is 4.74 Å². The molecule has 2 atom stereocenters. The molecule has 0 aromatic carbocycles. The quantitative estimate of drug-likeness (QED) is 0.727. The lowest BCUT2D eigenvalue weighted by Gasteiger charge is -2.36. The summed E-state index contributed by atoms with van der Waals surface area (Å²) in [4.78, 5) is 2.60. The van der Waals surface area contributed by atoms with Gasteiger partial charge in [-0.05, 0) is 19.3 Å². The summed E-state index contributed by atoms with van der Waals surface area (Å²) in [5.74, 6) is 0. The predicted octanol–water partition coefficient (Wildman–Crippen LogP) is 0.849. The molecule has 3 heteroatoms. The molecule has 2 saturated heterocycles. The Hall–Kier alpha value is -0.120. The molecule has 0 aromatic rings. The van der Waals surface area contributed by atoms with Crippen LogP contribution in [0.3, 0.4) is 0 Å². The van der Waals surface area contributed by atoms with E-state index in [9.17, 15) is 0 Å². The molecule has 0 saturated carbocycles. The van der Waals surface area contributed by atoms with Crippen molar-refractivity contribution in [2.45, 2.75) is 38.3 Å². The summed E-state index contributed by atoms with van der Waals surface area (Å²) in [7, 11) is 0. The van der Waals surface area contributed by atoms with Gasteiger partial charge in [-0.3, -0.25) is 4.90 Å². The highest BCUT2D eigenvalue weighted by molar-refractivity contribution is 4.81. The Kier molecular flexibility index (Phi) is 3.79. The molecule has 14 heavy (non-hydrogen) atoms. The summed E-state index contributed by atoms with van der Waals surface area (Å²) in [5, 5.41) is 3.46. The van der Waals surface area contributed by atoms with Gasteiger partial charge in [0.25, 0.3) is 0 Å². The molecule has 0 aromatic heterocycles. The molecule has 0 spiro atoms. The number of nitrogens with zero attached hydrogens (tertiary/aromatic N) is 1. The van der Waals surface area contributed by atoms with Crippen molar-refractivity contribution in [3.05, 3.63) is 0 Å². The molecular formula is C11H22N2O. The van der Waals surface area contributed by atoms with Crippen LogP contribution in [0.2, 0.25) is 0 Å². The molecule has 2 fully saturated rings. The van der Waals surface area contributed by atoms with E-state index >= 15 is 0 Å². The van der Waals surface area contributed by atoms with Crippen LogP contribution in [-0.2, 0) is 4.74 Å². The molecule has 2 aliphatic heterocycles. The first-order valence-corrected chi connectivity index (χ1v) is 5.96. The maximum Gasteiger partial charge on any atom is 0.0702 e. The van der Waals surface area contributed by atoms with Gasteiger partial charge in [-0.15, -0.1) is 0 Å². The molecule has 2 heterocycles. The lowest BCUT2D eigenvalue weighted by Crippen LogP contribution is -2.52. The average molecular weight is 198 g/mol. The Labute approximate surface area is 86.8 Å². The van der Waals surface area contributed by atoms with Crippen LogP contribution in [0.5, 0.6) is 0 Å². The van der Waals surface area contributed by atoms with E-state index in [1.54, 1.807) is 0 Å². The fraction of sp³-hybridized carbons (Fsp3) is 1.00. The number of piperazine rings is 1. The van der Waals surface area contributed by atoms with E-state index in [0.29, 0.717) is 6.10 Å². The third-order valence-corrected chi connectivity index (χ3v) is 3.41. The van der Waals surface area contributed by atoms with E-state index in [0.717, 1.165) is 32.3 Å². The fourth-order valence-corrected chi connectivity index (χ4v) is 2.50. The SMILES string of the molecule is CCC1CNCCN1CC1CCCO1. The number of rotatable bonds is 3. The van der Waals surface area contributed by atoms with Gasteiger partial charge < -0.3 is 10.1 Å². The summed E-state index contributed by atoms with van der Waals surface area (Å²) in [5.41, 5.74) is 0. The third-order valence-electron chi connectivity index (χ3n) is 3.41. The van der Waals surface area contributed by atoms with Crippen LogP contribution in [0, 0.1) is 0 Å². The molecule has 0 amide bonds. The highest BCUT2D eigenvalue weighted by Crippen LogP contribution is 2.16. The van der Waals surface area contributed by atoms with Crippen LogP contribution in [0.25, 0.3) is 0 Å². The molecular weight excluding hydrogens is 176 g/mol. The van der Waals surface area contributed by atoms with Crippen LogP contribution in [0.15, 0.2) is 0 Å². The van der Waals surface area contributed by atoms with Crippen molar-refractivity contribution in [3.8, 4) is 0 Å². The summed E-state index contributed by atoms with van der Waals surface area (Å²) in [6, 6.07) is 0.730. The van der Waals surface area contributed by atoms with Crippen molar-refractivity contribution in [1.29, 1.82) is 0 Å². The molecule has 0 radical (unpaired) electrons. The molecule has 2 rings (SSSR count). The van der Waals surface area contributed by atoms with Gasteiger partial charge in [0.1, 0.15) is 0 Å². The van der Waals surface area contributed by atoms with Crippen LogP contribution < -0.4 is 5.32 Å². The zero-order valence-electron chi connectivity index (χ0n) is 9.17. The first-order chi connectivity index (χ1) is 6.90. The molecule has 3 nitrogen and oxygen atoms in total. The van der Waals surface area contributed by atoms with Gasteiger partial charge in [0.15, 0.2) is 0 Å². The zero-order valence-corrected chi connectivity index (χ0v) is 9.17. The average Bonchev–Trinajstić information content (AvgIpc) is 2.71. The van der Waals surface area contributed by atoms with Crippen LogP contribution in [0.4, 0.5) is 0 Å². The topological polar surface area (TPSA) is 24.5 Å². The Balaban J connectivity index is 1.81. The van der Waals surface area contributed by atoms with E-state index in [-0.39, 0.29) is 0 Å². The molecule has 2 unspecified atom stereocenters. The Morgan fingerprint density at radius 3 is 3.14 bits per heavy atom. The Morgan fingerprint density at radius 2 is 2.43 bits per heavy atom. The van der Waals surface area contributed by atoms with Gasteiger partial charge in [-0.1, -0.05) is 6.92 Å². The van der Waals surface area contributed by atoms with Crippen LogP contribution in [0.1, 0.15) is 26.2 Å². The Bertz CT molecular complexity index is 169. The number of hydrogen-bond donors (Lipinski definition) is 1. The summed E-state index contributed by atoms with van der Waals surface area (Å²) in [6.07, 6.45) is 4.29. The second-order valence-electron chi connectivity index (χ2n) is 4.40. The first kappa shape index (κ1) is 10.4. The maximum atomic E-state index is 5.69. The minimum absolute atomic E-state index is 0.516. The predicted molar refractivity (Wildman–Crippen MR) is 57.5 cm³/mol. The van der Waals surface area contributed by atoms with Gasteiger partial charge in [0, 0.05) is 38.8 Å². The minimum Gasteiger partial charge on any atom is -0.377 e. The largest absolute Gasteiger partial charge is 0.377 e. The summed E-state index contributed by atoms with van der Waals surface area (Å²) >= 11 is 0. The molecule has 0 aliphatic carbocycles. The molecule has 0 bridgehead atoms. The smallest absolute Gasteiger partial charge is 0.0702 e. The van der Waals surface area contributed by atoms with Gasteiger partial charge >= 0.3 is 0 Å². The van der Waals surface area contributed by atoms with Gasteiger partial charge in [0.2, 0.25) is 0 Å². The Morgan fingerprint density at radius 1 is 1.50 bits per heavy atom. The van der Waals surface area contributed by atoms with E-state index in [1.165, 1.54) is 25.8 Å². The number of nitrogens with one attached hydrogen (secondary N) is 1. The van der Waals surface area contributed by atoms with Crippen LogP contribution >= 0.6 is 0 Å². The molecule has 82 valence electrons. The number of ether oxygens (including phenoxy) is 1. The summed E-state index contributed by atoms with van der Waals surface area (Å²) in [6.45, 7) is 7.90. The second kappa shape index (κ2) is 5.10. The molecule has 1 N–H and O–H groups in total. The third kappa shape index (κ3) is 2.47. The van der Waals surface area contributed by atoms with Crippen molar-refractivity contribution in [2.75, 3.05) is 32.8 Å². The minimum atomic E-state index is 0.516. The van der Waals surface area contributed by atoms with Crippen LogP contribution in [-0.4, -0.2) is 49.8 Å². The standard InChI is InChI=1S/C11H22N2O/c1-2-10-8-12-5-6-13(10)9-11-4-3-7-14-11/h10-12H,2-9H2,1H3. The maximum absolute atomic E-state index is 5.69. The fourth-order valence-electron chi connectivity index (χ4n) is 2.50. The normalized spacial score (nSPS) is 34.9. The number of hydrogen-bond acceptors (Lipinski definition) is 3. The van der Waals surface area contributed by atoms with E-state index < -0.39 is 0 Å². The highest BCUT2D eigenvalue weighted by Gasteiger charge is 2.25. The van der Waals surface area contributed by atoms with Crippen molar-refractivity contribution >= 4 is 0 Å². The summed E-state index contributed by atoms with van der Waals surface area (Å²) < 4.78 is 5.69. The van der Waals surface area contributed by atoms with Crippen molar-refractivity contribution in [1.82, 2.24) is 10.2 Å². The first-order valence-electron chi connectivity index (χ1n) is 5.96.